The maximum Gasteiger partial charge on any atom is 0.241 e. The molecule has 0 atom stereocenters. The highest BCUT2D eigenvalue weighted by Crippen LogP contribution is 2.24. The summed E-state index contributed by atoms with van der Waals surface area (Å²) < 4.78 is 0. The molecule has 1 N–H and O–H groups in total. The maximum atomic E-state index is 12.3. The molecule has 0 spiro atoms. The number of hydrogen-bond donors (Lipinski definition) is 1. The number of carbonyl (C=O) groups excluding carboxylic acids is 1. The van der Waals surface area contributed by atoms with E-state index in [9.17, 15) is 4.79 Å². The van der Waals surface area contributed by atoms with Gasteiger partial charge < -0.3 is 10.2 Å². The van der Waals surface area contributed by atoms with Crippen molar-refractivity contribution in [3.05, 3.63) is 59.4 Å². The second kappa shape index (κ2) is 5.73. The Morgan fingerprint density at radius 1 is 1.29 bits per heavy atom. The van der Waals surface area contributed by atoms with Crippen LogP contribution in [0.15, 0.2) is 42.6 Å². The average molecular weight is 278 g/mol. The molecular weight excluding hydrogens is 264 g/mol. The zero-order valence-electron chi connectivity index (χ0n) is 11.4. The Hall–Kier alpha value is -2.71. The van der Waals surface area contributed by atoms with E-state index in [0.717, 1.165) is 16.8 Å². The standard InChI is InChI=1S/C16H14N4O/c17-8-14-7-12(5-6-19-14)11-20-15-4-2-1-3-13(15)9-18-10-16(20)21/h1-7,18H,9-11H2. The minimum absolute atomic E-state index is 0.0234. The minimum Gasteiger partial charge on any atom is -0.307 e. The van der Waals surface area contributed by atoms with Crippen molar-refractivity contribution >= 4 is 11.6 Å². The average Bonchev–Trinajstić information content (AvgIpc) is 2.68. The molecule has 104 valence electrons. The van der Waals surface area contributed by atoms with E-state index in [0.29, 0.717) is 25.3 Å². The molecule has 1 aliphatic rings. The van der Waals surface area contributed by atoms with Gasteiger partial charge in [-0.2, -0.15) is 5.26 Å². The van der Waals surface area contributed by atoms with E-state index < -0.39 is 0 Å². The Labute approximate surface area is 122 Å². The summed E-state index contributed by atoms with van der Waals surface area (Å²) in [6.07, 6.45) is 1.60. The van der Waals surface area contributed by atoms with Crippen molar-refractivity contribution in [3.63, 3.8) is 0 Å². The second-order valence-corrected chi connectivity index (χ2v) is 4.87. The Balaban J connectivity index is 1.96. The molecule has 1 aliphatic heterocycles. The third-order valence-corrected chi connectivity index (χ3v) is 3.45. The summed E-state index contributed by atoms with van der Waals surface area (Å²) in [5.41, 5.74) is 3.27. The van der Waals surface area contributed by atoms with Gasteiger partial charge in [0, 0.05) is 18.4 Å². The van der Waals surface area contributed by atoms with Crippen molar-refractivity contribution < 1.29 is 4.79 Å². The molecule has 0 saturated carbocycles. The summed E-state index contributed by atoms with van der Waals surface area (Å²) in [5, 5.41) is 12.1. The van der Waals surface area contributed by atoms with Crippen molar-refractivity contribution in [2.24, 2.45) is 0 Å². The van der Waals surface area contributed by atoms with E-state index in [1.54, 1.807) is 17.2 Å². The lowest BCUT2D eigenvalue weighted by molar-refractivity contribution is -0.117. The molecule has 0 fully saturated rings. The van der Waals surface area contributed by atoms with Crippen molar-refractivity contribution in [1.82, 2.24) is 10.3 Å². The van der Waals surface area contributed by atoms with Crippen LogP contribution in [0.1, 0.15) is 16.8 Å². The van der Waals surface area contributed by atoms with Crippen LogP contribution in [-0.4, -0.2) is 17.4 Å². The Bertz CT molecular complexity index is 720. The van der Waals surface area contributed by atoms with Crippen molar-refractivity contribution in [1.29, 1.82) is 5.26 Å². The van der Waals surface area contributed by atoms with E-state index in [1.807, 2.05) is 36.4 Å². The molecule has 1 aromatic heterocycles. The number of nitrogens with one attached hydrogen (secondary N) is 1. The van der Waals surface area contributed by atoms with Crippen molar-refractivity contribution in [2.75, 3.05) is 11.4 Å². The van der Waals surface area contributed by atoms with Gasteiger partial charge in [-0.15, -0.1) is 0 Å². The van der Waals surface area contributed by atoms with Crippen LogP contribution >= 0.6 is 0 Å². The molecule has 3 rings (SSSR count). The molecule has 1 amide bonds. The SMILES string of the molecule is N#Cc1cc(CN2C(=O)CNCc3ccccc32)ccn1. The van der Waals surface area contributed by atoms with Crippen LogP contribution in [0.4, 0.5) is 5.69 Å². The Kier molecular flexibility index (Phi) is 3.63. The largest absolute Gasteiger partial charge is 0.307 e. The van der Waals surface area contributed by atoms with Crippen LogP contribution in [0.5, 0.6) is 0 Å². The first-order chi connectivity index (χ1) is 10.3. The number of nitrogens with zero attached hydrogens (tertiary/aromatic N) is 3. The van der Waals surface area contributed by atoms with E-state index in [2.05, 4.69) is 10.3 Å². The summed E-state index contributed by atoms with van der Waals surface area (Å²) in [6.45, 7) is 1.43. The fraction of sp³-hybridized carbons (Fsp3) is 0.188. The zero-order valence-corrected chi connectivity index (χ0v) is 11.4. The monoisotopic (exact) mass is 278 g/mol. The van der Waals surface area contributed by atoms with Gasteiger partial charge in [0.05, 0.1) is 13.1 Å². The molecule has 2 heterocycles. The number of aromatic nitrogens is 1. The Morgan fingerprint density at radius 3 is 3.00 bits per heavy atom. The molecule has 0 saturated heterocycles. The van der Waals surface area contributed by atoms with Gasteiger partial charge in [0.2, 0.25) is 5.91 Å². The quantitative estimate of drug-likeness (QED) is 0.905. The van der Waals surface area contributed by atoms with Gasteiger partial charge in [-0.3, -0.25) is 4.79 Å². The molecule has 0 bridgehead atoms. The highest BCUT2D eigenvalue weighted by molar-refractivity contribution is 5.96. The summed E-state index contributed by atoms with van der Waals surface area (Å²) in [4.78, 5) is 18.0. The second-order valence-electron chi connectivity index (χ2n) is 4.87. The molecule has 21 heavy (non-hydrogen) atoms. The number of para-hydroxylation sites is 1. The molecular formula is C16H14N4O. The van der Waals surface area contributed by atoms with Crippen LogP contribution in [0.3, 0.4) is 0 Å². The summed E-state index contributed by atoms with van der Waals surface area (Å²) in [5.74, 6) is 0.0234. The predicted octanol–water partition coefficient (Wildman–Crippen LogP) is 1.59. The van der Waals surface area contributed by atoms with Gasteiger partial charge in [-0.05, 0) is 29.3 Å². The summed E-state index contributed by atoms with van der Waals surface area (Å²) in [6, 6.07) is 13.4. The molecule has 5 nitrogen and oxygen atoms in total. The van der Waals surface area contributed by atoms with Crippen molar-refractivity contribution in [3.8, 4) is 6.07 Å². The minimum atomic E-state index is 0.0234. The van der Waals surface area contributed by atoms with E-state index in [-0.39, 0.29) is 5.91 Å². The van der Waals surface area contributed by atoms with Crippen LogP contribution < -0.4 is 10.2 Å². The number of benzene rings is 1. The van der Waals surface area contributed by atoms with Gasteiger partial charge in [-0.1, -0.05) is 18.2 Å². The zero-order chi connectivity index (χ0) is 14.7. The Morgan fingerprint density at radius 2 is 2.14 bits per heavy atom. The number of rotatable bonds is 2. The van der Waals surface area contributed by atoms with E-state index in [4.69, 9.17) is 5.26 Å². The lowest BCUT2D eigenvalue weighted by atomic mass is 10.1. The molecule has 2 aromatic rings. The van der Waals surface area contributed by atoms with Crippen LogP contribution in [0.25, 0.3) is 0 Å². The highest BCUT2D eigenvalue weighted by Gasteiger charge is 2.21. The number of amides is 1. The van der Waals surface area contributed by atoms with Crippen LogP contribution in [0, 0.1) is 11.3 Å². The fourth-order valence-electron chi connectivity index (χ4n) is 2.45. The molecule has 1 aromatic carbocycles. The number of pyridine rings is 1. The molecule has 5 heteroatoms. The lowest BCUT2D eigenvalue weighted by Crippen LogP contribution is -2.35. The first kappa shape index (κ1) is 13.3. The smallest absolute Gasteiger partial charge is 0.241 e. The first-order valence-electron chi connectivity index (χ1n) is 6.72. The topological polar surface area (TPSA) is 69.0 Å². The molecule has 0 aliphatic carbocycles. The van der Waals surface area contributed by atoms with Gasteiger partial charge in [-0.25, -0.2) is 4.98 Å². The third kappa shape index (κ3) is 2.76. The van der Waals surface area contributed by atoms with Gasteiger partial charge in [0.15, 0.2) is 0 Å². The summed E-state index contributed by atoms with van der Waals surface area (Å²) in [7, 11) is 0. The van der Waals surface area contributed by atoms with Gasteiger partial charge >= 0.3 is 0 Å². The number of nitriles is 1. The lowest BCUT2D eigenvalue weighted by Gasteiger charge is -2.22. The van der Waals surface area contributed by atoms with Crippen LogP contribution in [-0.2, 0) is 17.9 Å². The highest BCUT2D eigenvalue weighted by atomic mass is 16.2. The number of hydrogen-bond acceptors (Lipinski definition) is 4. The van der Waals surface area contributed by atoms with E-state index >= 15 is 0 Å². The van der Waals surface area contributed by atoms with Crippen LogP contribution in [0.2, 0.25) is 0 Å². The molecule has 0 unspecified atom stereocenters. The summed E-state index contributed by atoms with van der Waals surface area (Å²) >= 11 is 0. The fourth-order valence-corrected chi connectivity index (χ4v) is 2.45. The first-order valence-corrected chi connectivity index (χ1v) is 6.72. The number of fused-ring (bicyclic) bond motifs is 1. The van der Waals surface area contributed by atoms with Gasteiger partial charge in [0.25, 0.3) is 0 Å². The number of anilines is 1. The predicted molar refractivity (Wildman–Crippen MR) is 78.3 cm³/mol. The van der Waals surface area contributed by atoms with Crippen molar-refractivity contribution in [2.45, 2.75) is 13.1 Å². The van der Waals surface area contributed by atoms with E-state index in [1.165, 1.54) is 0 Å². The third-order valence-electron chi connectivity index (χ3n) is 3.45. The number of carbonyl (C=O) groups is 1. The normalized spacial score (nSPS) is 14.2. The van der Waals surface area contributed by atoms with Gasteiger partial charge in [0.1, 0.15) is 11.8 Å². The molecule has 0 radical (unpaired) electrons. The maximum absolute atomic E-state index is 12.3.